The van der Waals surface area contributed by atoms with Crippen LogP contribution in [-0.2, 0) is 0 Å². The highest BCUT2D eigenvalue weighted by molar-refractivity contribution is 7.09. The lowest BCUT2D eigenvalue weighted by atomic mass is 9.99. The SMILES string of the molecule is COc1ccc([C@@H](N=C[C@@H](C#N)c2nc(C)cs2)c2ccccc2)cc1. The van der Waals surface area contributed by atoms with Crippen LogP contribution in [0.15, 0.2) is 65.0 Å². The molecule has 3 aromatic rings. The van der Waals surface area contributed by atoms with Gasteiger partial charge in [-0.15, -0.1) is 11.3 Å². The quantitative estimate of drug-likeness (QED) is 0.585. The third kappa shape index (κ3) is 4.16. The molecule has 0 fully saturated rings. The number of aromatic nitrogens is 1. The summed E-state index contributed by atoms with van der Waals surface area (Å²) in [5.41, 5.74) is 3.04. The van der Waals surface area contributed by atoms with Crippen molar-refractivity contribution in [3.63, 3.8) is 0 Å². The smallest absolute Gasteiger partial charge is 0.133 e. The molecule has 2 aromatic carbocycles. The van der Waals surface area contributed by atoms with Crippen molar-refractivity contribution in [2.45, 2.75) is 18.9 Å². The van der Waals surface area contributed by atoms with Gasteiger partial charge in [-0.25, -0.2) is 4.98 Å². The van der Waals surface area contributed by atoms with Gasteiger partial charge in [0.25, 0.3) is 0 Å². The standard InChI is InChI=1S/C21H19N3OS/c1-15-14-26-21(24-15)18(12-22)13-23-20(16-6-4-3-5-7-16)17-8-10-19(25-2)11-9-17/h3-11,13-14,18,20H,1-2H3/t18-,20+/m1/s1. The Balaban J connectivity index is 1.94. The van der Waals surface area contributed by atoms with Crippen LogP contribution in [-0.4, -0.2) is 18.3 Å². The molecule has 3 rings (SSSR count). The molecule has 1 heterocycles. The van der Waals surface area contributed by atoms with E-state index < -0.39 is 5.92 Å². The van der Waals surface area contributed by atoms with Crippen molar-refractivity contribution in [1.82, 2.24) is 4.98 Å². The maximum atomic E-state index is 9.52. The molecular formula is C21H19N3OS. The highest BCUT2D eigenvalue weighted by atomic mass is 32.1. The van der Waals surface area contributed by atoms with Crippen LogP contribution in [0, 0.1) is 18.3 Å². The zero-order valence-electron chi connectivity index (χ0n) is 14.7. The van der Waals surface area contributed by atoms with Crippen molar-refractivity contribution in [1.29, 1.82) is 5.26 Å². The Bertz CT molecular complexity index is 910. The van der Waals surface area contributed by atoms with Crippen LogP contribution in [0.5, 0.6) is 5.75 Å². The van der Waals surface area contributed by atoms with Gasteiger partial charge in [-0.2, -0.15) is 5.26 Å². The van der Waals surface area contributed by atoms with Gasteiger partial charge in [0.2, 0.25) is 0 Å². The van der Waals surface area contributed by atoms with E-state index in [4.69, 9.17) is 9.73 Å². The largest absolute Gasteiger partial charge is 0.497 e. The van der Waals surface area contributed by atoms with Crippen LogP contribution in [0.25, 0.3) is 0 Å². The van der Waals surface area contributed by atoms with Gasteiger partial charge in [-0.05, 0) is 30.2 Å². The van der Waals surface area contributed by atoms with E-state index in [2.05, 4.69) is 11.1 Å². The summed E-state index contributed by atoms with van der Waals surface area (Å²) in [6.07, 6.45) is 1.71. The fraction of sp³-hybridized carbons (Fsp3) is 0.190. The molecular weight excluding hydrogens is 342 g/mol. The van der Waals surface area contributed by atoms with Crippen molar-refractivity contribution in [3.8, 4) is 11.8 Å². The first-order valence-corrected chi connectivity index (χ1v) is 9.13. The van der Waals surface area contributed by atoms with Crippen molar-refractivity contribution in [2.24, 2.45) is 4.99 Å². The number of thiazole rings is 1. The van der Waals surface area contributed by atoms with Crippen LogP contribution >= 0.6 is 11.3 Å². The fourth-order valence-corrected chi connectivity index (χ4v) is 3.43. The molecule has 0 saturated heterocycles. The Morgan fingerprint density at radius 3 is 2.38 bits per heavy atom. The highest BCUT2D eigenvalue weighted by Gasteiger charge is 2.16. The van der Waals surface area contributed by atoms with E-state index in [0.29, 0.717) is 0 Å². The van der Waals surface area contributed by atoms with E-state index in [1.165, 1.54) is 11.3 Å². The Hall–Kier alpha value is -2.97. The number of nitriles is 1. The van der Waals surface area contributed by atoms with Gasteiger partial charge in [0.15, 0.2) is 0 Å². The maximum absolute atomic E-state index is 9.52. The summed E-state index contributed by atoms with van der Waals surface area (Å²) < 4.78 is 5.24. The topological polar surface area (TPSA) is 58.3 Å². The van der Waals surface area contributed by atoms with Gasteiger partial charge in [0.1, 0.15) is 16.7 Å². The minimum atomic E-state index is -0.446. The summed E-state index contributed by atoms with van der Waals surface area (Å²) in [4.78, 5) is 9.17. The first-order chi connectivity index (χ1) is 12.7. The second kappa shape index (κ2) is 8.41. The number of nitrogens with zero attached hydrogens (tertiary/aromatic N) is 3. The number of methoxy groups -OCH3 is 1. The Morgan fingerprint density at radius 1 is 1.12 bits per heavy atom. The molecule has 0 saturated carbocycles. The van der Waals surface area contributed by atoms with E-state index in [9.17, 15) is 5.26 Å². The highest BCUT2D eigenvalue weighted by Crippen LogP contribution is 2.28. The molecule has 0 amide bonds. The molecule has 0 aliphatic rings. The lowest BCUT2D eigenvalue weighted by Gasteiger charge is -2.14. The second-order valence-corrected chi connectivity index (χ2v) is 6.71. The molecule has 0 spiro atoms. The Kier molecular flexibility index (Phi) is 5.77. The molecule has 0 unspecified atom stereocenters. The summed E-state index contributed by atoms with van der Waals surface area (Å²) in [5.74, 6) is 0.357. The second-order valence-electron chi connectivity index (χ2n) is 5.82. The number of ether oxygens (including phenoxy) is 1. The average molecular weight is 361 g/mol. The van der Waals surface area contributed by atoms with Gasteiger partial charge in [0.05, 0.1) is 19.2 Å². The minimum Gasteiger partial charge on any atom is -0.497 e. The third-order valence-corrected chi connectivity index (χ3v) is 5.02. The molecule has 0 aliphatic carbocycles. The molecule has 0 bridgehead atoms. The van der Waals surface area contributed by atoms with Gasteiger partial charge >= 0.3 is 0 Å². The zero-order valence-corrected chi connectivity index (χ0v) is 15.5. The van der Waals surface area contributed by atoms with Gasteiger partial charge in [-0.1, -0.05) is 42.5 Å². The van der Waals surface area contributed by atoms with Crippen molar-refractivity contribution in [2.75, 3.05) is 7.11 Å². The predicted molar refractivity (Wildman–Crippen MR) is 105 cm³/mol. The summed E-state index contributed by atoms with van der Waals surface area (Å²) >= 11 is 1.49. The number of hydrogen-bond donors (Lipinski definition) is 0. The molecule has 0 aliphatic heterocycles. The van der Waals surface area contributed by atoms with E-state index in [-0.39, 0.29) is 6.04 Å². The van der Waals surface area contributed by atoms with E-state index >= 15 is 0 Å². The molecule has 0 N–H and O–H groups in total. The normalized spacial score (nSPS) is 13.3. The zero-order chi connectivity index (χ0) is 18.4. The third-order valence-electron chi connectivity index (χ3n) is 3.97. The fourth-order valence-electron chi connectivity index (χ4n) is 2.63. The molecule has 130 valence electrons. The Labute approximate surface area is 157 Å². The molecule has 0 radical (unpaired) electrons. The summed E-state index contributed by atoms with van der Waals surface area (Å²) in [5, 5.41) is 12.2. The van der Waals surface area contributed by atoms with E-state index in [1.807, 2.05) is 66.9 Å². The van der Waals surface area contributed by atoms with Crippen LogP contribution in [0.2, 0.25) is 0 Å². The van der Waals surface area contributed by atoms with Crippen LogP contribution in [0.1, 0.15) is 33.8 Å². The number of aryl methyl sites for hydroxylation is 1. The maximum Gasteiger partial charge on any atom is 0.133 e. The summed E-state index contributed by atoms with van der Waals surface area (Å²) in [7, 11) is 1.65. The number of rotatable bonds is 6. The molecule has 1 aromatic heterocycles. The molecule has 5 heteroatoms. The molecule has 4 nitrogen and oxygen atoms in total. The van der Waals surface area contributed by atoms with Gasteiger partial charge in [0, 0.05) is 17.3 Å². The van der Waals surface area contributed by atoms with Crippen molar-refractivity contribution < 1.29 is 4.74 Å². The lowest BCUT2D eigenvalue weighted by Crippen LogP contribution is -2.02. The van der Waals surface area contributed by atoms with Gasteiger partial charge in [-0.3, -0.25) is 4.99 Å². The number of aliphatic imine (C=N–C) groups is 1. The molecule has 26 heavy (non-hydrogen) atoms. The van der Waals surface area contributed by atoms with Crippen LogP contribution in [0.4, 0.5) is 0 Å². The van der Waals surface area contributed by atoms with Crippen LogP contribution in [0.3, 0.4) is 0 Å². The van der Waals surface area contributed by atoms with E-state index in [0.717, 1.165) is 27.6 Å². The average Bonchev–Trinajstić information content (AvgIpc) is 3.12. The number of benzene rings is 2. The number of hydrogen-bond acceptors (Lipinski definition) is 5. The van der Waals surface area contributed by atoms with Crippen LogP contribution < -0.4 is 4.74 Å². The lowest BCUT2D eigenvalue weighted by molar-refractivity contribution is 0.414. The first kappa shape index (κ1) is 17.8. The predicted octanol–water partition coefficient (Wildman–Crippen LogP) is 4.93. The molecule has 2 atom stereocenters. The summed E-state index contributed by atoms with van der Waals surface area (Å²) in [6, 6.07) is 20.0. The van der Waals surface area contributed by atoms with Gasteiger partial charge < -0.3 is 4.74 Å². The monoisotopic (exact) mass is 361 g/mol. The Morgan fingerprint density at radius 2 is 1.81 bits per heavy atom. The summed E-state index contributed by atoms with van der Waals surface area (Å²) in [6.45, 7) is 1.93. The van der Waals surface area contributed by atoms with Crippen molar-refractivity contribution >= 4 is 17.6 Å². The van der Waals surface area contributed by atoms with E-state index in [1.54, 1.807) is 13.3 Å². The minimum absolute atomic E-state index is 0.181. The first-order valence-electron chi connectivity index (χ1n) is 8.25. The van der Waals surface area contributed by atoms with Crippen molar-refractivity contribution in [3.05, 3.63) is 81.8 Å².